The van der Waals surface area contributed by atoms with Gasteiger partial charge in [-0.3, -0.25) is 4.79 Å². The number of ether oxygens (including phenoxy) is 2. The van der Waals surface area contributed by atoms with Crippen LogP contribution in [0.2, 0.25) is 0 Å². The molecule has 0 fully saturated rings. The summed E-state index contributed by atoms with van der Waals surface area (Å²) in [5, 5.41) is 14.1. The lowest BCUT2D eigenvalue weighted by Gasteiger charge is -2.17. The summed E-state index contributed by atoms with van der Waals surface area (Å²) in [5.74, 6) is 1.17. The molecule has 1 heterocycles. The van der Waals surface area contributed by atoms with Crippen LogP contribution in [0.15, 0.2) is 54.9 Å². The minimum Gasteiger partial charge on any atom is -0.497 e. The van der Waals surface area contributed by atoms with Crippen molar-refractivity contribution in [3.8, 4) is 11.5 Å². The van der Waals surface area contributed by atoms with Gasteiger partial charge in [-0.1, -0.05) is 30.3 Å². The largest absolute Gasteiger partial charge is 0.497 e. The summed E-state index contributed by atoms with van der Waals surface area (Å²) >= 11 is 0. The number of hydrogen-bond donors (Lipinski definition) is 1. The molecular formula is C19H21N5O3. The Kier molecular flexibility index (Phi) is 5.98. The van der Waals surface area contributed by atoms with Crippen LogP contribution < -0.4 is 14.8 Å². The fourth-order valence-electron chi connectivity index (χ4n) is 2.75. The Labute approximate surface area is 157 Å². The van der Waals surface area contributed by atoms with Crippen molar-refractivity contribution in [1.29, 1.82) is 0 Å². The highest BCUT2D eigenvalue weighted by atomic mass is 16.5. The third kappa shape index (κ3) is 4.60. The van der Waals surface area contributed by atoms with Crippen molar-refractivity contribution in [2.75, 3.05) is 14.2 Å². The van der Waals surface area contributed by atoms with E-state index in [0.29, 0.717) is 24.5 Å². The number of benzene rings is 2. The Morgan fingerprint density at radius 3 is 2.63 bits per heavy atom. The third-order valence-corrected chi connectivity index (χ3v) is 4.21. The number of hydrogen-bond acceptors (Lipinski definition) is 6. The van der Waals surface area contributed by atoms with Gasteiger partial charge in [0.1, 0.15) is 23.9 Å². The molecule has 0 saturated carbocycles. The summed E-state index contributed by atoms with van der Waals surface area (Å²) in [4.78, 5) is 12.8. The van der Waals surface area contributed by atoms with Gasteiger partial charge in [-0.25, -0.2) is 4.68 Å². The van der Waals surface area contributed by atoms with E-state index < -0.39 is 6.04 Å². The molecule has 8 heteroatoms. The first kappa shape index (κ1) is 18.4. The number of carbonyl (C=O) groups excluding carboxylic acids is 1. The van der Waals surface area contributed by atoms with Gasteiger partial charge in [-0.15, -0.1) is 5.10 Å². The number of rotatable bonds is 8. The van der Waals surface area contributed by atoms with Gasteiger partial charge in [-0.2, -0.15) is 0 Å². The lowest BCUT2D eigenvalue weighted by Crippen LogP contribution is -2.34. The molecule has 1 atom stereocenters. The molecule has 1 aromatic heterocycles. The lowest BCUT2D eigenvalue weighted by atomic mass is 10.1. The number of tetrazole rings is 1. The highest BCUT2D eigenvalue weighted by molar-refractivity contribution is 5.80. The van der Waals surface area contributed by atoms with Gasteiger partial charge < -0.3 is 14.8 Å². The van der Waals surface area contributed by atoms with Crippen molar-refractivity contribution in [3.05, 3.63) is 66.0 Å². The number of aromatic nitrogens is 4. The quantitative estimate of drug-likeness (QED) is 0.653. The van der Waals surface area contributed by atoms with Gasteiger partial charge in [0.2, 0.25) is 5.91 Å². The van der Waals surface area contributed by atoms with Crippen LogP contribution in [0.1, 0.15) is 17.2 Å². The minimum absolute atomic E-state index is 0.177. The standard InChI is InChI=1S/C19H21N5O3/c1-26-16-9-8-15(18(11-16)27-2)12-20-19(25)17(24-13-21-22-23-24)10-14-6-4-3-5-7-14/h3-9,11,13,17H,10,12H2,1-2H3,(H,20,25). The van der Waals surface area contributed by atoms with Gasteiger partial charge in [0.05, 0.1) is 14.2 Å². The molecule has 0 saturated heterocycles. The number of nitrogens with one attached hydrogen (secondary N) is 1. The summed E-state index contributed by atoms with van der Waals surface area (Å²) in [5.41, 5.74) is 1.87. The maximum Gasteiger partial charge on any atom is 0.245 e. The molecule has 0 aliphatic carbocycles. The van der Waals surface area contributed by atoms with Crippen molar-refractivity contribution in [3.63, 3.8) is 0 Å². The molecule has 0 spiro atoms. The molecule has 8 nitrogen and oxygen atoms in total. The summed E-state index contributed by atoms with van der Waals surface area (Å²) < 4.78 is 12.0. The van der Waals surface area contributed by atoms with Crippen molar-refractivity contribution < 1.29 is 14.3 Å². The fourth-order valence-corrected chi connectivity index (χ4v) is 2.75. The third-order valence-electron chi connectivity index (χ3n) is 4.21. The second kappa shape index (κ2) is 8.79. The summed E-state index contributed by atoms with van der Waals surface area (Å²) in [6.45, 7) is 0.319. The first-order valence-corrected chi connectivity index (χ1v) is 8.46. The average molecular weight is 367 g/mol. The molecular weight excluding hydrogens is 346 g/mol. The summed E-state index contributed by atoms with van der Waals surface area (Å²) in [7, 11) is 3.18. The van der Waals surface area contributed by atoms with Gasteiger partial charge in [-0.05, 0) is 28.1 Å². The van der Waals surface area contributed by atoms with Crippen molar-refractivity contribution in [2.45, 2.75) is 19.0 Å². The van der Waals surface area contributed by atoms with Crippen LogP contribution in [0, 0.1) is 0 Å². The number of methoxy groups -OCH3 is 2. The van der Waals surface area contributed by atoms with E-state index in [4.69, 9.17) is 9.47 Å². The number of amides is 1. The second-order valence-electron chi connectivity index (χ2n) is 5.89. The number of nitrogens with zero attached hydrogens (tertiary/aromatic N) is 4. The second-order valence-corrected chi connectivity index (χ2v) is 5.89. The Bertz CT molecular complexity index is 868. The van der Waals surface area contributed by atoms with Crippen LogP contribution in [-0.4, -0.2) is 40.3 Å². The maximum atomic E-state index is 12.8. The zero-order chi connectivity index (χ0) is 19.1. The average Bonchev–Trinajstić information content (AvgIpc) is 3.25. The Morgan fingerprint density at radius 2 is 1.96 bits per heavy atom. The highest BCUT2D eigenvalue weighted by Gasteiger charge is 2.22. The highest BCUT2D eigenvalue weighted by Crippen LogP contribution is 2.24. The SMILES string of the molecule is COc1ccc(CNC(=O)C(Cc2ccccc2)n2cnnn2)c(OC)c1. The van der Waals surface area contributed by atoms with E-state index in [1.165, 1.54) is 11.0 Å². The van der Waals surface area contributed by atoms with Crippen LogP contribution in [-0.2, 0) is 17.8 Å². The number of carbonyl (C=O) groups is 1. The molecule has 3 rings (SSSR count). The predicted octanol–water partition coefficient (Wildman–Crippen LogP) is 1.79. The van der Waals surface area contributed by atoms with E-state index in [2.05, 4.69) is 20.8 Å². The van der Waals surface area contributed by atoms with E-state index in [1.807, 2.05) is 42.5 Å². The van der Waals surface area contributed by atoms with E-state index in [1.54, 1.807) is 20.3 Å². The summed E-state index contributed by atoms with van der Waals surface area (Å²) in [6, 6.07) is 14.7. The van der Waals surface area contributed by atoms with Gasteiger partial charge >= 0.3 is 0 Å². The van der Waals surface area contributed by atoms with Crippen LogP contribution >= 0.6 is 0 Å². The molecule has 1 unspecified atom stereocenters. The van der Waals surface area contributed by atoms with E-state index in [-0.39, 0.29) is 5.91 Å². The zero-order valence-electron chi connectivity index (χ0n) is 15.2. The molecule has 27 heavy (non-hydrogen) atoms. The molecule has 0 aliphatic rings. The van der Waals surface area contributed by atoms with Crippen LogP contribution in [0.25, 0.3) is 0 Å². The molecule has 3 aromatic rings. The van der Waals surface area contributed by atoms with E-state index >= 15 is 0 Å². The Balaban J connectivity index is 1.73. The molecule has 140 valence electrons. The molecule has 0 radical (unpaired) electrons. The molecule has 2 aromatic carbocycles. The zero-order valence-corrected chi connectivity index (χ0v) is 15.2. The normalized spacial score (nSPS) is 11.6. The summed E-state index contributed by atoms with van der Waals surface area (Å²) in [6.07, 6.45) is 1.93. The van der Waals surface area contributed by atoms with Crippen LogP contribution in [0.3, 0.4) is 0 Å². The van der Waals surface area contributed by atoms with Crippen LogP contribution in [0.5, 0.6) is 11.5 Å². The maximum absolute atomic E-state index is 12.8. The first-order valence-electron chi connectivity index (χ1n) is 8.46. The predicted molar refractivity (Wildman–Crippen MR) is 98.4 cm³/mol. The first-order chi connectivity index (χ1) is 13.2. The van der Waals surface area contributed by atoms with E-state index in [0.717, 1.165) is 11.1 Å². The van der Waals surface area contributed by atoms with Crippen molar-refractivity contribution in [1.82, 2.24) is 25.5 Å². The van der Waals surface area contributed by atoms with Crippen LogP contribution in [0.4, 0.5) is 0 Å². The topological polar surface area (TPSA) is 91.2 Å². The Morgan fingerprint density at radius 1 is 1.15 bits per heavy atom. The van der Waals surface area contributed by atoms with Gasteiger partial charge in [0, 0.05) is 24.6 Å². The fraction of sp³-hybridized carbons (Fsp3) is 0.263. The minimum atomic E-state index is -0.549. The van der Waals surface area contributed by atoms with Crippen molar-refractivity contribution in [2.24, 2.45) is 0 Å². The lowest BCUT2D eigenvalue weighted by molar-refractivity contribution is -0.124. The smallest absolute Gasteiger partial charge is 0.245 e. The molecule has 0 aliphatic heterocycles. The van der Waals surface area contributed by atoms with E-state index in [9.17, 15) is 4.79 Å². The van der Waals surface area contributed by atoms with Crippen molar-refractivity contribution >= 4 is 5.91 Å². The van der Waals surface area contributed by atoms with Gasteiger partial charge in [0.15, 0.2) is 0 Å². The Hall–Kier alpha value is -3.42. The monoisotopic (exact) mass is 367 g/mol. The van der Waals surface area contributed by atoms with Gasteiger partial charge in [0.25, 0.3) is 0 Å². The molecule has 0 bridgehead atoms. The molecule has 1 N–H and O–H groups in total. The molecule has 1 amide bonds.